The van der Waals surface area contributed by atoms with Crippen molar-refractivity contribution < 1.29 is 24.2 Å². The van der Waals surface area contributed by atoms with Gasteiger partial charge in [0.1, 0.15) is 12.6 Å². The molecule has 2 bridgehead atoms. The number of carbonyl (C=O) groups excluding carboxylic acids is 3. The minimum Gasteiger partial charge on any atom is -0.461 e. The minimum absolute atomic E-state index is 0.0121. The zero-order valence-corrected chi connectivity index (χ0v) is 23.2. The zero-order chi connectivity index (χ0) is 27.8. The molecule has 2 aromatic carbocycles. The van der Waals surface area contributed by atoms with Crippen LogP contribution in [0.5, 0.6) is 0 Å². The van der Waals surface area contributed by atoms with Gasteiger partial charge in [0, 0.05) is 30.1 Å². The van der Waals surface area contributed by atoms with Gasteiger partial charge in [-0.3, -0.25) is 14.4 Å². The summed E-state index contributed by atoms with van der Waals surface area (Å²) in [5.74, 6) is -1.99. The van der Waals surface area contributed by atoms with E-state index in [-0.39, 0.29) is 25.0 Å². The maximum atomic E-state index is 14.6. The summed E-state index contributed by atoms with van der Waals surface area (Å²) in [4.78, 5) is 45.5. The van der Waals surface area contributed by atoms with E-state index in [1.165, 1.54) is 6.08 Å². The molecule has 1 spiro atoms. The highest BCUT2D eigenvalue weighted by atomic mass is 32.2. The lowest BCUT2D eigenvalue weighted by molar-refractivity contribution is -0.154. The first-order chi connectivity index (χ1) is 18.8. The molecule has 206 valence electrons. The molecule has 8 heteroatoms. The van der Waals surface area contributed by atoms with Crippen molar-refractivity contribution in [1.29, 1.82) is 0 Å². The van der Waals surface area contributed by atoms with Crippen LogP contribution in [0.3, 0.4) is 0 Å². The second kappa shape index (κ2) is 10.8. The van der Waals surface area contributed by atoms with Gasteiger partial charge in [-0.05, 0) is 55.5 Å². The van der Waals surface area contributed by atoms with E-state index in [4.69, 9.17) is 4.74 Å². The Balaban J connectivity index is 1.57. The van der Waals surface area contributed by atoms with Crippen molar-refractivity contribution in [3.63, 3.8) is 0 Å². The summed E-state index contributed by atoms with van der Waals surface area (Å²) >= 11 is 1.63. The summed E-state index contributed by atoms with van der Waals surface area (Å²) in [5.41, 5.74) is 0.743. The number of esters is 1. The van der Waals surface area contributed by atoms with Gasteiger partial charge in [0.15, 0.2) is 0 Å². The number of benzene rings is 2. The number of amides is 2. The third kappa shape index (κ3) is 4.47. The van der Waals surface area contributed by atoms with Crippen molar-refractivity contribution in [2.75, 3.05) is 31.2 Å². The lowest BCUT2D eigenvalue weighted by atomic mass is 9.66. The molecular weight excluding hydrogens is 512 g/mol. The third-order valence-electron chi connectivity index (χ3n) is 8.54. The Morgan fingerprint density at radius 1 is 1.15 bits per heavy atom. The van der Waals surface area contributed by atoms with Crippen LogP contribution in [0.2, 0.25) is 0 Å². The molecule has 0 aromatic heterocycles. The number of aliphatic hydroxyl groups is 1. The van der Waals surface area contributed by atoms with Crippen LogP contribution < -0.4 is 4.90 Å². The van der Waals surface area contributed by atoms with Gasteiger partial charge >= 0.3 is 5.97 Å². The van der Waals surface area contributed by atoms with Gasteiger partial charge < -0.3 is 19.6 Å². The molecule has 3 fully saturated rings. The number of carbonyl (C=O) groups is 3. The molecule has 3 aliphatic rings. The van der Waals surface area contributed by atoms with Gasteiger partial charge in [-0.15, -0.1) is 18.3 Å². The fourth-order valence-electron chi connectivity index (χ4n) is 6.87. The van der Waals surface area contributed by atoms with E-state index >= 15 is 0 Å². The maximum Gasteiger partial charge on any atom is 0.311 e. The van der Waals surface area contributed by atoms with E-state index in [1.807, 2.05) is 49.4 Å². The molecule has 1 N–H and O–H groups in total. The topological polar surface area (TPSA) is 87.1 Å². The van der Waals surface area contributed by atoms with Gasteiger partial charge in [0.25, 0.3) is 5.91 Å². The Morgan fingerprint density at radius 2 is 1.92 bits per heavy atom. The zero-order valence-electron chi connectivity index (χ0n) is 22.4. The molecule has 2 aromatic rings. The molecule has 2 unspecified atom stereocenters. The monoisotopic (exact) mass is 548 g/mol. The highest BCUT2D eigenvalue weighted by Crippen LogP contribution is 2.71. The van der Waals surface area contributed by atoms with Gasteiger partial charge in [0.2, 0.25) is 5.91 Å². The Morgan fingerprint density at radius 3 is 2.64 bits per heavy atom. The molecule has 3 heterocycles. The van der Waals surface area contributed by atoms with Crippen molar-refractivity contribution in [2.45, 2.75) is 48.1 Å². The molecule has 2 amide bonds. The SMILES string of the molecule is C=CCOC(=O)[C@@H]1[C@H]2C(=O)N(CCCCO)C(C(=O)N(CC=C)c3ccc4ccccc4c3)C23CC[C@@]1(C)S3. The van der Waals surface area contributed by atoms with Gasteiger partial charge in [0.05, 0.1) is 16.6 Å². The van der Waals surface area contributed by atoms with Crippen LogP contribution in [0.25, 0.3) is 10.8 Å². The van der Waals surface area contributed by atoms with Gasteiger partial charge in [-0.2, -0.15) is 0 Å². The molecule has 0 saturated carbocycles. The second-order valence-electron chi connectivity index (χ2n) is 10.9. The second-order valence-corrected chi connectivity index (χ2v) is 12.8. The number of likely N-dealkylation sites (tertiary alicyclic amines) is 1. The van der Waals surface area contributed by atoms with E-state index in [0.29, 0.717) is 32.4 Å². The smallest absolute Gasteiger partial charge is 0.311 e. The first-order valence-corrected chi connectivity index (χ1v) is 14.4. The third-order valence-corrected chi connectivity index (χ3v) is 10.5. The molecule has 0 radical (unpaired) electrons. The molecule has 7 nitrogen and oxygen atoms in total. The van der Waals surface area contributed by atoms with E-state index in [0.717, 1.165) is 22.9 Å². The normalized spacial score (nSPS) is 28.9. The van der Waals surface area contributed by atoms with Crippen molar-refractivity contribution in [1.82, 2.24) is 4.90 Å². The lowest BCUT2D eigenvalue weighted by Crippen LogP contribution is -2.55. The lowest BCUT2D eigenvalue weighted by Gasteiger charge is -2.37. The van der Waals surface area contributed by atoms with Crippen LogP contribution in [-0.4, -0.2) is 69.6 Å². The average molecular weight is 549 g/mol. The average Bonchev–Trinajstić information content (AvgIpc) is 3.50. The fraction of sp³-hybridized carbons (Fsp3) is 0.452. The fourth-order valence-corrected chi connectivity index (χ4v) is 9.21. The minimum atomic E-state index is -0.732. The quantitative estimate of drug-likeness (QED) is 0.255. The van der Waals surface area contributed by atoms with Gasteiger partial charge in [-0.25, -0.2) is 0 Å². The molecule has 0 aliphatic carbocycles. The Labute approximate surface area is 233 Å². The van der Waals surface area contributed by atoms with Gasteiger partial charge in [-0.1, -0.05) is 49.1 Å². The number of hydrogen-bond acceptors (Lipinski definition) is 6. The molecule has 3 aliphatic heterocycles. The maximum absolute atomic E-state index is 14.6. The predicted molar refractivity (Wildman–Crippen MR) is 154 cm³/mol. The van der Waals surface area contributed by atoms with Crippen molar-refractivity contribution in [2.24, 2.45) is 11.8 Å². The molecule has 5 atom stereocenters. The molecular formula is C31H36N2O5S. The van der Waals surface area contributed by atoms with Crippen molar-refractivity contribution in [3.8, 4) is 0 Å². The number of fused-ring (bicyclic) bond motifs is 2. The predicted octanol–water partition coefficient (Wildman–Crippen LogP) is 4.34. The number of hydrogen-bond donors (Lipinski definition) is 1. The van der Waals surface area contributed by atoms with E-state index in [1.54, 1.807) is 27.6 Å². The number of nitrogens with zero attached hydrogens (tertiary/aromatic N) is 2. The number of anilines is 1. The molecule has 39 heavy (non-hydrogen) atoms. The Hall–Kier alpha value is -3.10. The number of aliphatic hydroxyl groups excluding tert-OH is 1. The largest absolute Gasteiger partial charge is 0.461 e. The first-order valence-electron chi connectivity index (χ1n) is 13.6. The standard InChI is InChI=1S/C31H36N2O5S/c1-4-16-32(23-13-12-21-10-6-7-11-22(21)20-23)28(36)26-31-15-14-30(3,39-31)25(29(37)38-19-5-2)24(31)27(35)33(26)17-8-9-18-34/h4-7,10-13,20,24-26,34H,1-2,8-9,14-19H2,3H3/t24-,25-,26?,30+,31?/m0/s1. The molecule has 5 rings (SSSR count). The Bertz CT molecular complexity index is 1310. The van der Waals surface area contributed by atoms with Crippen molar-refractivity contribution in [3.05, 3.63) is 67.8 Å². The van der Waals surface area contributed by atoms with Crippen molar-refractivity contribution >= 4 is 46.0 Å². The summed E-state index contributed by atoms with van der Waals surface area (Å²) in [6.45, 7) is 10.3. The summed E-state index contributed by atoms with van der Waals surface area (Å²) in [6, 6.07) is 13.2. The van der Waals surface area contributed by atoms with Crippen LogP contribution in [0.15, 0.2) is 67.8 Å². The summed E-state index contributed by atoms with van der Waals surface area (Å²) < 4.78 is 4.28. The summed E-state index contributed by atoms with van der Waals surface area (Å²) in [5, 5.41) is 11.5. The number of rotatable bonds is 11. The van der Waals surface area contributed by atoms with Crippen LogP contribution in [0.1, 0.15) is 32.6 Å². The number of ether oxygens (including phenoxy) is 1. The van der Waals surface area contributed by atoms with E-state index < -0.39 is 33.3 Å². The van der Waals surface area contributed by atoms with Crippen LogP contribution in [0.4, 0.5) is 5.69 Å². The Kier molecular flexibility index (Phi) is 7.62. The van der Waals surface area contributed by atoms with Crippen LogP contribution >= 0.6 is 11.8 Å². The highest BCUT2D eigenvalue weighted by Gasteiger charge is 2.77. The number of unbranched alkanes of at least 4 members (excludes halogenated alkanes) is 1. The van der Waals surface area contributed by atoms with E-state index in [2.05, 4.69) is 13.2 Å². The highest BCUT2D eigenvalue weighted by molar-refractivity contribution is 8.02. The molecule has 3 saturated heterocycles. The first kappa shape index (κ1) is 27.5. The summed E-state index contributed by atoms with van der Waals surface area (Å²) in [7, 11) is 0. The van der Waals surface area contributed by atoms with E-state index in [9.17, 15) is 19.5 Å². The summed E-state index contributed by atoms with van der Waals surface area (Å²) in [6.07, 6.45) is 5.71. The van der Waals surface area contributed by atoms with Crippen LogP contribution in [0, 0.1) is 11.8 Å². The number of thioether (sulfide) groups is 1. The van der Waals surface area contributed by atoms with Crippen LogP contribution in [-0.2, 0) is 19.1 Å².